The number of nitrogens with one attached hydrogen (secondary N) is 1. The minimum Gasteiger partial charge on any atom is -0.387 e. The zero-order valence-corrected chi connectivity index (χ0v) is 9.93. The maximum atomic E-state index is 11.8. The molecule has 1 fully saturated rings. The van der Waals surface area contributed by atoms with Crippen molar-refractivity contribution < 1.29 is 9.90 Å². The molecule has 0 spiro atoms. The summed E-state index contributed by atoms with van der Waals surface area (Å²) in [6.07, 6.45) is 3.68. The predicted octanol–water partition coefficient (Wildman–Crippen LogP) is 2.03. The normalized spacial score (nSPS) is 17.9. The van der Waals surface area contributed by atoms with E-state index >= 15 is 0 Å². The zero-order valence-electron chi connectivity index (χ0n) is 9.93. The molecule has 0 radical (unpaired) electrons. The van der Waals surface area contributed by atoms with E-state index in [1.165, 1.54) is 0 Å². The largest absolute Gasteiger partial charge is 0.387 e. The molecule has 0 aliphatic heterocycles. The Morgan fingerprint density at radius 2 is 1.94 bits per heavy atom. The van der Waals surface area contributed by atoms with Crippen molar-refractivity contribution in [2.24, 2.45) is 5.92 Å². The number of rotatable bonds is 4. The van der Waals surface area contributed by atoms with Gasteiger partial charge in [0.2, 0.25) is 5.91 Å². The highest BCUT2D eigenvalue weighted by molar-refractivity contribution is 5.78. The van der Waals surface area contributed by atoms with Crippen LogP contribution in [0.2, 0.25) is 0 Å². The third kappa shape index (κ3) is 3.30. The number of aliphatic hydroxyl groups is 1. The van der Waals surface area contributed by atoms with Crippen LogP contribution in [0.5, 0.6) is 0 Å². The second-order valence-electron chi connectivity index (χ2n) is 4.65. The van der Waals surface area contributed by atoms with Crippen molar-refractivity contribution in [1.29, 1.82) is 0 Å². The molecular formula is C14H19NO2. The van der Waals surface area contributed by atoms with Crippen LogP contribution in [0.15, 0.2) is 30.3 Å². The van der Waals surface area contributed by atoms with Gasteiger partial charge in [0.25, 0.3) is 0 Å². The average molecular weight is 233 g/mol. The topological polar surface area (TPSA) is 49.3 Å². The molecule has 0 bridgehead atoms. The lowest BCUT2D eigenvalue weighted by atomic mass is 10.1. The van der Waals surface area contributed by atoms with E-state index in [9.17, 15) is 9.90 Å². The lowest BCUT2D eigenvalue weighted by Gasteiger charge is -2.14. The number of hydrogen-bond donors (Lipinski definition) is 2. The van der Waals surface area contributed by atoms with Crippen LogP contribution < -0.4 is 5.32 Å². The van der Waals surface area contributed by atoms with Crippen molar-refractivity contribution in [3.63, 3.8) is 0 Å². The average Bonchev–Trinajstić information content (AvgIpc) is 2.90. The van der Waals surface area contributed by atoms with Gasteiger partial charge in [-0.15, -0.1) is 0 Å². The predicted molar refractivity (Wildman–Crippen MR) is 66.4 cm³/mol. The second kappa shape index (κ2) is 5.82. The first-order chi connectivity index (χ1) is 8.27. The van der Waals surface area contributed by atoms with E-state index in [1.807, 2.05) is 30.3 Å². The molecule has 92 valence electrons. The van der Waals surface area contributed by atoms with E-state index < -0.39 is 6.10 Å². The van der Waals surface area contributed by atoms with E-state index in [4.69, 9.17) is 0 Å². The molecule has 1 aromatic carbocycles. The van der Waals surface area contributed by atoms with E-state index in [1.54, 1.807) is 0 Å². The van der Waals surface area contributed by atoms with Gasteiger partial charge in [0, 0.05) is 12.5 Å². The van der Waals surface area contributed by atoms with Gasteiger partial charge < -0.3 is 10.4 Å². The number of benzene rings is 1. The minimum absolute atomic E-state index is 0.0949. The van der Waals surface area contributed by atoms with Gasteiger partial charge in [-0.3, -0.25) is 4.79 Å². The zero-order chi connectivity index (χ0) is 12.1. The molecule has 0 heterocycles. The van der Waals surface area contributed by atoms with Gasteiger partial charge in [-0.2, -0.15) is 0 Å². The summed E-state index contributed by atoms with van der Waals surface area (Å²) in [5.41, 5.74) is 0.847. The molecule has 3 heteroatoms. The Balaban J connectivity index is 1.80. The van der Waals surface area contributed by atoms with Gasteiger partial charge >= 0.3 is 0 Å². The van der Waals surface area contributed by atoms with Gasteiger partial charge in [-0.25, -0.2) is 0 Å². The highest BCUT2D eigenvalue weighted by atomic mass is 16.3. The number of carbonyl (C=O) groups is 1. The number of carbonyl (C=O) groups excluding carboxylic acids is 1. The maximum Gasteiger partial charge on any atom is 0.223 e. The first-order valence-corrected chi connectivity index (χ1v) is 6.28. The maximum absolute atomic E-state index is 11.8. The van der Waals surface area contributed by atoms with Crippen molar-refractivity contribution in [3.05, 3.63) is 35.9 Å². The molecule has 1 amide bonds. The summed E-state index contributed by atoms with van der Waals surface area (Å²) in [6, 6.07) is 9.42. The Kier molecular flexibility index (Phi) is 4.15. The third-order valence-electron chi connectivity index (χ3n) is 3.38. The van der Waals surface area contributed by atoms with E-state index in [0.717, 1.165) is 31.2 Å². The van der Waals surface area contributed by atoms with Crippen LogP contribution in [0, 0.1) is 5.92 Å². The molecule has 2 N–H and O–H groups in total. The summed E-state index contributed by atoms with van der Waals surface area (Å²) in [7, 11) is 0. The highest BCUT2D eigenvalue weighted by Gasteiger charge is 2.22. The van der Waals surface area contributed by atoms with E-state index in [2.05, 4.69) is 5.32 Å². The molecule has 1 atom stereocenters. The summed E-state index contributed by atoms with van der Waals surface area (Å²) in [5.74, 6) is 0.260. The fourth-order valence-corrected chi connectivity index (χ4v) is 2.32. The summed E-state index contributed by atoms with van der Waals surface area (Å²) in [4.78, 5) is 11.8. The van der Waals surface area contributed by atoms with Gasteiger partial charge in [0.05, 0.1) is 6.10 Å². The van der Waals surface area contributed by atoms with Crippen molar-refractivity contribution in [2.75, 3.05) is 6.54 Å². The molecule has 2 rings (SSSR count). The van der Waals surface area contributed by atoms with Crippen LogP contribution in [0.1, 0.15) is 37.4 Å². The lowest BCUT2D eigenvalue weighted by molar-refractivity contribution is -0.125. The van der Waals surface area contributed by atoms with Crippen LogP contribution in [0.4, 0.5) is 0 Å². The Hall–Kier alpha value is -1.35. The van der Waals surface area contributed by atoms with Crippen molar-refractivity contribution in [2.45, 2.75) is 31.8 Å². The summed E-state index contributed by atoms with van der Waals surface area (Å²) >= 11 is 0. The molecule has 17 heavy (non-hydrogen) atoms. The van der Waals surface area contributed by atoms with Crippen LogP contribution in [-0.4, -0.2) is 17.6 Å². The molecule has 1 saturated carbocycles. The summed E-state index contributed by atoms with van der Waals surface area (Å²) in [6.45, 7) is 0.305. The molecule has 1 aliphatic rings. The Morgan fingerprint density at radius 1 is 1.29 bits per heavy atom. The molecule has 0 saturated heterocycles. The first kappa shape index (κ1) is 12.1. The van der Waals surface area contributed by atoms with Gasteiger partial charge in [0.15, 0.2) is 0 Å². The third-order valence-corrected chi connectivity index (χ3v) is 3.38. The summed E-state index contributed by atoms with van der Waals surface area (Å²) in [5, 5.41) is 12.7. The van der Waals surface area contributed by atoms with Gasteiger partial charge in [-0.05, 0) is 18.4 Å². The van der Waals surface area contributed by atoms with Crippen LogP contribution in [0.3, 0.4) is 0 Å². The molecule has 0 unspecified atom stereocenters. The van der Waals surface area contributed by atoms with Crippen molar-refractivity contribution in [1.82, 2.24) is 5.32 Å². The van der Waals surface area contributed by atoms with E-state index in [0.29, 0.717) is 6.54 Å². The first-order valence-electron chi connectivity index (χ1n) is 6.28. The standard InChI is InChI=1S/C14H19NO2/c16-13(11-6-2-1-3-7-11)10-15-14(17)12-8-4-5-9-12/h1-3,6-7,12-13,16H,4-5,8-10H2,(H,15,17)/t13-/m0/s1. The number of amides is 1. The fraction of sp³-hybridized carbons (Fsp3) is 0.500. The lowest BCUT2D eigenvalue weighted by Crippen LogP contribution is -2.32. The number of hydrogen-bond acceptors (Lipinski definition) is 2. The van der Waals surface area contributed by atoms with Crippen molar-refractivity contribution in [3.8, 4) is 0 Å². The fourth-order valence-electron chi connectivity index (χ4n) is 2.32. The summed E-state index contributed by atoms with van der Waals surface area (Å²) < 4.78 is 0. The van der Waals surface area contributed by atoms with Crippen molar-refractivity contribution >= 4 is 5.91 Å². The van der Waals surface area contributed by atoms with Crippen LogP contribution in [0.25, 0.3) is 0 Å². The minimum atomic E-state index is -0.610. The molecule has 3 nitrogen and oxygen atoms in total. The van der Waals surface area contributed by atoms with Crippen LogP contribution >= 0.6 is 0 Å². The Morgan fingerprint density at radius 3 is 2.59 bits per heavy atom. The van der Waals surface area contributed by atoms with Gasteiger partial charge in [0.1, 0.15) is 0 Å². The van der Waals surface area contributed by atoms with Gasteiger partial charge in [-0.1, -0.05) is 43.2 Å². The van der Waals surface area contributed by atoms with Crippen LogP contribution in [-0.2, 0) is 4.79 Å². The Labute approximate surface area is 102 Å². The highest BCUT2D eigenvalue weighted by Crippen LogP contribution is 2.24. The SMILES string of the molecule is O=C(NC[C@H](O)c1ccccc1)C1CCCC1. The van der Waals surface area contributed by atoms with E-state index in [-0.39, 0.29) is 11.8 Å². The Bertz CT molecular complexity index is 358. The monoisotopic (exact) mass is 233 g/mol. The molecule has 0 aromatic heterocycles. The quantitative estimate of drug-likeness (QED) is 0.836. The second-order valence-corrected chi connectivity index (χ2v) is 4.65. The molecule has 1 aromatic rings. The smallest absolute Gasteiger partial charge is 0.223 e. The number of aliphatic hydroxyl groups excluding tert-OH is 1. The molecule has 1 aliphatic carbocycles. The molecular weight excluding hydrogens is 214 g/mol.